The van der Waals surface area contributed by atoms with Crippen LogP contribution in [0.3, 0.4) is 0 Å². The Kier molecular flexibility index (Phi) is 7.47. The van der Waals surface area contributed by atoms with Crippen LogP contribution in [0.15, 0.2) is 82.6 Å². The Hall–Kier alpha value is -3.38. The Bertz CT molecular complexity index is 1320. The predicted octanol–water partition coefficient (Wildman–Crippen LogP) is 7.06. The van der Waals surface area contributed by atoms with E-state index in [1.54, 1.807) is 17.0 Å². The Morgan fingerprint density at radius 3 is 2.57 bits per heavy atom. The predicted molar refractivity (Wildman–Crippen MR) is 148 cm³/mol. The lowest BCUT2D eigenvalue weighted by molar-refractivity contribution is -0.114. The van der Waals surface area contributed by atoms with Gasteiger partial charge >= 0.3 is 0 Å². The second kappa shape index (κ2) is 10.9. The molecule has 0 saturated heterocycles. The third kappa shape index (κ3) is 5.64. The van der Waals surface area contributed by atoms with Gasteiger partial charge in [-0.25, -0.2) is 4.39 Å². The number of fused-ring (bicyclic) bond motifs is 1. The minimum absolute atomic E-state index is 0.112. The molecule has 4 nitrogen and oxygen atoms in total. The molecule has 0 radical (unpaired) electrons. The van der Waals surface area contributed by atoms with Gasteiger partial charge in [-0.3, -0.25) is 9.59 Å². The zero-order valence-electron chi connectivity index (χ0n) is 21.1. The fraction of sp³-hybridized carbons (Fsp3) is 0.290. The van der Waals surface area contributed by atoms with E-state index in [-0.39, 0.29) is 30.2 Å². The molecule has 1 aliphatic heterocycles. The number of carbonyl (C=O) groups is 2. The van der Waals surface area contributed by atoms with Crippen LogP contribution in [0.4, 0.5) is 10.1 Å². The lowest BCUT2D eigenvalue weighted by Gasteiger charge is -2.35. The summed E-state index contributed by atoms with van der Waals surface area (Å²) in [5.41, 5.74) is 2.99. The first-order chi connectivity index (χ1) is 17.9. The highest BCUT2D eigenvalue weighted by molar-refractivity contribution is 8.04. The van der Waals surface area contributed by atoms with Crippen molar-refractivity contribution >= 4 is 35.3 Å². The van der Waals surface area contributed by atoms with Gasteiger partial charge in [-0.05, 0) is 65.8 Å². The van der Waals surface area contributed by atoms with Crippen LogP contribution in [0.2, 0.25) is 0 Å². The first kappa shape index (κ1) is 25.3. The number of amides is 2. The number of carbonyl (C=O) groups excluding carboxylic acids is 2. The van der Waals surface area contributed by atoms with E-state index in [0.29, 0.717) is 28.0 Å². The Morgan fingerprint density at radius 1 is 1.05 bits per heavy atom. The largest absolute Gasteiger partial charge is 0.349 e. The van der Waals surface area contributed by atoms with E-state index in [4.69, 9.17) is 0 Å². The third-order valence-electron chi connectivity index (χ3n) is 7.56. The SMILES string of the molecule is C[C@H]1[C@H](C)CCC[C@@H]1NC(=O)c1ccc2c(c1)N(Cc1ccc(F)cc1)C(=O)/C(=C/c1ccccc1)S2. The van der Waals surface area contributed by atoms with Gasteiger partial charge in [0.1, 0.15) is 5.82 Å². The second-order valence-corrected chi connectivity index (χ2v) is 11.2. The van der Waals surface area contributed by atoms with Gasteiger partial charge in [-0.15, -0.1) is 0 Å². The number of hydrogen-bond donors (Lipinski definition) is 1. The summed E-state index contributed by atoms with van der Waals surface area (Å²) >= 11 is 1.41. The summed E-state index contributed by atoms with van der Waals surface area (Å²) in [5.74, 6) is 0.432. The smallest absolute Gasteiger partial charge is 0.265 e. The number of thioether (sulfide) groups is 1. The molecule has 5 rings (SSSR count). The maximum absolute atomic E-state index is 13.7. The number of benzene rings is 3. The number of nitrogens with one attached hydrogen (secondary N) is 1. The fourth-order valence-corrected chi connectivity index (χ4v) is 6.16. The average molecular weight is 515 g/mol. The molecule has 190 valence electrons. The lowest BCUT2D eigenvalue weighted by atomic mass is 9.78. The summed E-state index contributed by atoms with van der Waals surface area (Å²) in [4.78, 5) is 30.2. The molecule has 6 heteroatoms. The molecule has 2 amide bonds. The van der Waals surface area contributed by atoms with Gasteiger partial charge in [0.2, 0.25) is 0 Å². The molecule has 0 spiro atoms. The topological polar surface area (TPSA) is 49.4 Å². The minimum atomic E-state index is -0.320. The van der Waals surface area contributed by atoms with Crippen molar-refractivity contribution in [3.05, 3.63) is 100 Å². The summed E-state index contributed by atoms with van der Waals surface area (Å²) < 4.78 is 13.5. The van der Waals surface area contributed by atoms with Crippen molar-refractivity contribution in [3.8, 4) is 0 Å². The van der Waals surface area contributed by atoms with Crippen LogP contribution in [0, 0.1) is 17.7 Å². The molecule has 37 heavy (non-hydrogen) atoms. The minimum Gasteiger partial charge on any atom is -0.349 e. The Labute approximate surface area is 222 Å². The van der Waals surface area contributed by atoms with Crippen molar-refractivity contribution in [2.75, 3.05) is 4.90 Å². The van der Waals surface area contributed by atoms with E-state index in [0.717, 1.165) is 28.9 Å². The van der Waals surface area contributed by atoms with E-state index in [1.165, 1.54) is 30.3 Å². The molecule has 0 aromatic heterocycles. The molecular weight excluding hydrogens is 483 g/mol. The van der Waals surface area contributed by atoms with Gasteiger partial charge in [0, 0.05) is 16.5 Å². The van der Waals surface area contributed by atoms with Crippen molar-refractivity contribution in [1.29, 1.82) is 0 Å². The van der Waals surface area contributed by atoms with E-state index < -0.39 is 0 Å². The summed E-state index contributed by atoms with van der Waals surface area (Å²) in [6, 6.07) is 21.6. The van der Waals surface area contributed by atoms with E-state index in [9.17, 15) is 14.0 Å². The van der Waals surface area contributed by atoms with Gasteiger partial charge in [0.05, 0.1) is 17.1 Å². The number of hydrogen-bond acceptors (Lipinski definition) is 3. The number of halogens is 1. The molecule has 3 atom stereocenters. The molecule has 1 heterocycles. The molecule has 3 aromatic carbocycles. The van der Waals surface area contributed by atoms with Gasteiger partial charge in [0.25, 0.3) is 11.8 Å². The third-order valence-corrected chi connectivity index (χ3v) is 8.64. The van der Waals surface area contributed by atoms with Crippen molar-refractivity contribution in [2.24, 2.45) is 11.8 Å². The maximum Gasteiger partial charge on any atom is 0.265 e. The molecule has 0 bridgehead atoms. The van der Waals surface area contributed by atoms with E-state index in [1.807, 2.05) is 54.6 Å². The zero-order valence-corrected chi connectivity index (χ0v) is 21.9. The molecule has 3 aromatic rings. The zero-order chi connectivity index (χ0) is 25.9. The van der Waals surface area contributed by atoms with Gasteiger partial charge in [-0.2, -0.15) is 0 Å². The summed E-state index contributed by atoms with van der Waals surface area (Å²) in [7, 11) is 0. The Morgan fingerprint density at radius 2 is 1.81 bits per heavy atom. The van der Waals surface area contributed by atoms with Crippen LogP contribution in [-0.4, -0.2) is 17.9 Å². The van der Waals surface area contributed by atoms with Crippen molar-refractivity contribution < 1.29 is 14.0 Å². The highest BCUT2D eigenvalue weighted by Crippen LogP contribution is 2.43. The standard InChI is InChI=1S/C31H31FN2O2S/c1-20-7-6-10-26(21(20)2)33-30(35)24-13-16-28-27(18-24)34(19-23-11-14-25(32)15-12-23)31(36)29(37-28)17-22-8-4-3-5-9-22/h3-5,8-9,11-18,20-21,26H,6-7,10,19H2,1-2H3,(H,33,35)/b29-17-/t20-,21+,26+/m1/s1. The quantitative estimate of drug-likeness (QED) is 0.371. The van der Waals surface area contributed by atoms with Crippen LogP contribution < -0.4 is 10.2 Å². The molecule has 2 aliphatic rings. The molecule has 0 unspecified atom stereocenters. The van der Waals surface area contributed by atoms with Crippen LogP contribution in [-0.2, 0) is 11.3 Å². The van der Waals surface area contributed by atoms with Crippen LogP contribution in [0.5, 0.6) is 0 Å². The molecule has 1 saturated carbocycles. The number of rotatable bonds is 5. The summed E-state index contributed by atoms with van der Waals surface area (Å²) in [6.45, 7) is 4.74. The monoisotopic (exact) mass is 514 g/mol. The van der Waals surface area contributed by atoms with Crippen LogP contribution in [0.25, 0.3) is 6.08 Å². The molecular formula is C31H31FN2O2S. The molecule has 1 aliphatic carbocycles. The average Bonchev–Trinajstić information content (AvgIpc) is 2.90. The summed E-state index contributed by atoms with van der Waals surface area (Å²) in [5, 5.41) is 3.24. The highest BCUT2D eigenvalue weighted by atomic mass is 32.2. The van der Waals surface area contributed by atoms with E-state index in [2.05, 4.69) is 19.2 Å². The van der Waals surface area contributed by atoms with Crippen LogP contribution >= 0.6 is 11.8 Å². The van der Waals surface area contributed by atoms with Crippen molar-refractivity contribution in [2.45, 2.75) is 50.6 Å². The number of nitrogens with zero attached hydrogens (tertiary/aromatic N) is 1. The van der Waals surface area contributed by atoms with Gasteiger partial charge in [-0.1, -0.05) is 80.9 Å². The molecule has 1 N–H and O–H groups in total. The first-order valence-corrected chi connectivity index (χ1v) is 13.7. The second-order valence-electron chi connectivity index (χ2n) is 10.1. The summed E-state index contributed by atoms with van der Waals surface area (Å²) in [6.07, 6.45) is 5.19. The van der Waals surface area contributed by atoms with Gasteiger partial charge < -0.3 is 10.2 Å². The normalized spacial score (nSPS) is 22.6. The lowest BCUT2D eigenvalue weighted by Crippen LogP contribution is -2.43. The fourth-order valence-electron chi connectivity index (χ4n) is 5.12. The van der Waals surface area contributed by atoms with Crippen molar-refractivity contribution in [1.82, 2.24) is 5.32 Å². The first-order valence-electron chi connectivity index (χ1n) is 12.8. The van der Waals surface area contributed by atoms with Crippen LogP contribution in [0.1, 0.15) is 54.6 Å². The maximum atomic E-state index is 13.7. The van der Waals surface area contributed by atoms with Gasteiger partial charge in [0.15, 0.2) is 0 Å². The Balaban J connectivity index is 1.47. The molecule has 1 fully saturated rings. The highest BCUT2D eigenvalue weighted by Gasteiger charge is 2.32. The van der Waals surface area contributed by atoms with E-state index >= 15 is 0 Å². The number of anilines is 1. The van der Waals surface area contributed by atoms with Crippen molar-refractivity contribution in [3.63, 3.8) is 0 Å².